The van der Waals surface area contributed by atoms with Crippen molar-refractivity contribution in [1.82, 2.24) is 14.1 Å². The van der Waals surface area contributed by atoms with Gasteiger partial charge in [0.05, 0.1) is 22.1 Å². The van der Waals surface area contributed by atoms with Crippen molar-refractivity contribution in [3.8, 4) is 11.7 Å². The lowest BCUT2D eigenvalue weighted by Gasteiger charge is -2.09. The van der Waals surface area contributed by atoms with Gasteiger partial charge >= 0.3 is 6.01 Å². The molecule has 0 unspecified atom stereocenters. The number of benzene rings is 6. The smallest absolute Gasteiger partial charge is 0.307 e. The Morgan fingerprint density at radius 2 is 1.05 bits per heavy atom. The van der Waals surface area contributed by atoms with Gasteiger partial charge in [-0.1, -0.05) is 78.9 Å². The fraction of sp³-hybridized carbons (Fsp3) is 0. The number of hydrogen-bond donors (Lipinski definition) is 0. The first-order valence-corrected chi connectivity index (χ1v) is 13.2. The lowest BCUT2D eigenvalue weighted by molar-refractivity contribution is 0.574. The van der Waals surface area contributed by atoms with E-state index < -0.39 is 0 Å². The van der Waals surface area contributed by atoms with Crippen LogP contribution in [0.25, 0.3) is 77.2 Å². The van der Waals surface area contributed by atoms with E-state index in [1.165, 1.54) is 43.4 Å². The van der Waals surface area contributed by atoms with Gasteiger partial charge < -0.3 is 8.98 Å². The van der Waals surface area contributed by atoms with Crippen LogP contribution in [0.2, 0.25) is 0 Å². The van der Waals surface area contributed by atoms with Crippen molar-refractivity contribution in [3.63, 3.8) is 0 Å². The number of rotatable bonds is 2. The molecule has 0 spiro atoms. The van der Waals surface area contributed by atoms with Gasteiger partial charge in [0, 0.05) is 32.6 Å². The molecular formula is C35H21N3O. The molecule has 0 amide bonds. The molecule has 0 aliphatic rings. The van der Waals surface area contributed by atoms with Crippen LogP contribution in [-0.2, 0) is 0 Å². The maximum absolute atomic E-state index is 6.31. The quantitative estimate of drug-likeness (QED) is 0.238. The number of para-hydroxylation sites is 5. The molecular weight excluding hydrogens is 478 g/mol. The number of aromatic nitrogens is 3. The molecule has 0 fully saturated rings. The molecule has 9 aromatic rings. The van der Waals surface area contributed by atoms with Crippen LogP contribution >= 0.6 is 0 Å². The molecule has 0 aliphatic heterocycles. The van der Waals surface area contributed by atoms with Crippen LogP contribution in [0.15, 0.2) is 132 Å². The first kappa shape index (κ1) is 20.7. The summed E-state index contributed by atoms with van der Waals surface area (Å²) in [6, 6.07) is 45.4. The minimum Gasteiger partial charge on any atom is -0.423 e. The zero-order chi connectivity index (χ0) is 25.5. The number of hydrogen-bond acceptors (Lipinski definition) is 2. The standard InChI is InChI=1S/C35H21N3O/c1-2-10-23(11-3-1)37-27-15-7-4-12-24(27)33-29(37)20-18-22-19-21-30-34(32(22)33)25-13-5-8-16-28(25)38(30)35-36-26-14-6-9-17-31(26)39-35/h1-21H. The summed E-state index contributed by atoms with van der Waals surface area (Å²) in [5, 5.41) is 7.37. The molecule has 0 bridgehead atoms. The van der Waals surface area contributed by atoms with Gasteiger partial charge in [0.15, 0.2) is 5.58 Å². The molecule has 182 valence electrons. The van der Waals surface area contributed by atoms with E-state index >= 15 is 0 Å². The average molecular weight is 500 g/mol. The van der Waals surface area contributed by atoms with Gasteiger partial charge in [-0.05, 0) is 53.9 Å². The van der Waals surface area contributed by atoms with Crippen molar-refractivity contribution in [2.24, 2.45) is 0 Å². The van der Waals surface area contributed by atoms with Crippen LogP contribution in [0.3, 0.4) is 0 Å². The van der Waals surface area contributed by atoms with Gasteiger partial charge in [-0.15, -0.1) is 0 Å². The van der Waals surface area contributed by atoms with Crippen LogP contribution in [0.1, 0.15) is 0 Å². The Balaban J connectivity index is 1.51. The topological polar surface area (TPSA) is 35.9 Å². The van der Waals surface area contributed by atoms with Gasteiger partial charge in [-0.2, -0.15) is 4.98 Å². The minimum atomic E-state index is 0.584. The lowest BCUT2D eigenvalue weighted by atomic mass is 9.98. The fourth-order valence-corrected chi connectivity index (χ4v) is 6.35. The molecule has 4 nitrogen and oxygen atoms in total. The van der Waals surface area contributed by atoms with E-state index in [2.05, 4.69) is 112 Å². The van der Waals surface area contributed by atoms with Crippen molar-refractivity contribution in [2.45, 2.75) is 0 Å². The van der Waals surface area contributed by atoms with Crippen molar-refractivity contribution in [3.05, 3.63) is 127 Å². The molecule has 39 heavy (non-hydrogen) atoms. The predicted molar refractivity (Wildman–Crippen MR) is 160 cm³/mol. The van der Waals surface area contributed by atoms with Crippen LogP contribution < -0.4 is 0 Å². The molecule has 0 saturated carbocycles. The second kappa shape index (κ2) is 7.59. The summed E-state index contributed by atoms with van der Waals surface area (Å²) in [5.41, 5.74) is 7.35. The number of oxazole rings is 1. The largest absolute Gasteiger partial charge is 0.423 e. The molecule has 0 radical (unpaired) electrons. The monoisotopic (exact) mass is 499 g/mol. The molecule has 0 N–H and O–H groups in total. The fourth-order valence-electron chi connectivity index (χ4n) is 6.35. The van der Waals surface area contributed by atoms with Crippen LogP contribution in [0.5, 0.6) is 0 Å². The molecule has 3 heterocycles. The number of nitrogens with zero attached hydrogens (tertiary/aromatic N) is 3. The highest BCUT2D eigenvalue weighted by atomic mass is 16.4. The summed E-state index contributed by atoms with van der Waals surface area (Å²) in [6.45, 7) is 0. The zero-order valence-corrected chi connectivity index (χ0v) is 20.9. The second-order valence-electron chi connectivity index (χ2n) is 10.0. The Hall–Kier alpha value is -5.35. The minimum absolute atomic E-state index is 0.584. The average Bonchev–Trinajstić information content (AvgIpc) is 3.67. The van der Waals surface area contributed by atoms with E-state index in [0.717, 1.165) is 27.8 Å². The first-order valence-electron chi connectivity index (χ1n) is 13.2. The maximum Gasteiger partial charge on any atom is 0.307 e. The third kappa shape index (κ3) is 2.75. The van der Waals surface area contributed by atoms with E-state index in [0.29, 0.717) is 6.01 Å². The molecule has 9 rings (SSSR count). The summed E-state index contributed by atoms with van der Waals surface area (Å²) in [4.78, 5) is 4.88. The summed E-state index contributed by atoms with van der Waals surface area (Å²) >= 11 is 0. The Bertz CT molecular complexity index is 2360. The highest BCUT2D eigenvalue weighted by Crippen LogP contribution is 2.43. The second-order valence-corrected chi connectivity index (χ2v) is 10.0. The Kier molecular flexibility index (Phi) is 4.02. The van der Waals surface area contributed by atoms with Crippen molar-refractivity contribution >= 4 is 65.5 Å². The molecule has 0 saturated heterocycles. The van der Waals surface area contributed by atoms with Gasteiger partial charge in [-0.3, -0.25) is 4.57 Å². The zero-order valence-electron chi connectivity index (χ0n) is 20.9. The predicted octanol–water partition coefficient (Wildman–Crippen LogP) is 9.18. The van der Waals surface area contributed by atoms with E-state index in [1.807, 2.05) is 24.3 Å². The summed E-state index contributed by atoms with van der Waals surface area (Å²) in [5.74, 6) is 0. The molecule has 4 heteroatoms. The van der Waals surface area contributed by atoms with Gasteiger partial charge in [-0.25, -0.2) is 0 Å². The third-order valence-corrected chi connectivity index (χ3v) is 7.94. The normalized spacial score (nSPS) is 12.1. The van der Waals surface area contributed by atoms with E-state index in [9.17, 15) is 0 Å². The molecule has 0 atom stereocenters. The Morgan fingerprint density at radius 1 is 0.462 bits per heavy atom. The molecule has 0 aliphatic carbocycles. The van der Waals surface area contributed by atoms with Crippen molar-refractivity contribution in [2.75, 3.05) is 0 Å². The maximum atomic E-state index is 6.31. The van der Waals surface area contributed by atoms with Gasteiger partial charge in [0.2, 0.25) is 0 Å². The van der Waals surface area contributed by atoms with E-state index in [4.69, 9.17) is 9.40 Å². The van der Waals surface area contributed by atoms with Gasteiger partial charge in [0.1, 0.15) is 5.52 Å². The third-order valence-electron chi connectivity index (χ3n) is 7.94. The lowest BCUT2D eigenvalue weighted by Crippen LogP contribution is -1.94. The van der Waals surface area contributed by atoms with Crippen LogP contribution in [0, 0.1) is 0 Å². The van der Waals surface area contributed by atoms with E-state index in [1.54, 1.807) is 0 Å². The van der Waals surface area contributed by atoms with Gasteiger partial charge in [0.25, 0.3) is 0 Å². The molecule has 3 aromatic heterocycles. The van der Waals surface area contributed by atoms with Crippen LogP contribution in [0.4, 0.5) is 0 Å². The highest BCUT2D eigenvalue weighted by Gasteiger charge is 2.21. The number of fused-ring (bicyclic) bond motifs is 10. The van der Waals surface area contributed by atoms with Crippen molar-refractivity contribution < 1.29 is 4.42 Å². The summed E-state index contributed by atoms with van der Waals surface area (Å²) in [7, 11) is 0. The molecule has 6 aromatic carbocycles. The van der Waals surface area contributed by atoms with E-state index in [-0.39, 0.29) is 0 Å². The summed E-state index contributed by atoms with van der Waals surface area (Å²) in [6.07, 6.45) is 0. The Morgan fingerprint density at radius 3 is 1.77 bits per heavy atom. The first-order chi connectivity index (χ1) is 19.4. The van der Waals surface area contributed by atoms with Crippen LogP contribution in [-0.4, -0.2) is 14.1 Å². The Labute approximate surface area is 222 Å². The summed E-state index contributed by atoms with van der Waals surface area (Å²) < 4.78 is 10.9. The SMILES string of the molecule is c1ccc(-n2c3ccccc3c3c4c(ccc32)ccc2c4c3ccccc3n2-c2nc3ccccc3o2)cc1. The highest BCUT2D eigenvalue weighted by molar-refractivity contribution is 6.32. The van der Waals surface area contributed by atoms with Crippen molar-refractivity contribution in [1.29, 1.82) is 0 Å².